The lowest BCUT2D eigenvalue weighted by Gasteiger charge is -2.09. The van der Waals surface area contributed by atoms with E-state index in [1.165, 1.54) is 48.5 Å². The third kappa shape index (κ3) is 5.76. The Morgan fingerprint density at radius 2 is 0.969 bits per heavy atom. The zero-order chi connectivity index (χ0) is 23.5. The van der Waals surface area contributed by atoms with Crippen LogP contribution in [0.4, 0.5) is 11.4 Å². The maximum atomic E-state index is 12.5. The fraction of sp³-hybridized carbons (Fsp3) is 0. The summed E-state index contributed by atoms with van der Waals surface area (Å²) >= 11 is 0. The first-order chi connectivity index (χ1) is 14.9. The third-order valence-electron chi connectivity index (χ3n) is 4.17. The summed E-state index contributed by atoms with van der Waals surface area (Å²) in [5.41, 5.74) is 0.396. The number of nitrogens with one attached hydrogen (secondary N) is 2. The van der Waals surface area contributed by atoms with Crippen molar-refractivity contribution in [2.45, 2.75) is 9.79 Å². The van der Waals surface area contributed by atoms with Crippen LogP contribution in [0, 0.1) is 0 Å². The topological polar surface area (TPSA) is 167 Å². The minimum absolute atomic E-state index is 0.0848. The second-order valence-corrected chi connectivity index (χ2v) is 9.34. The SMILES string of the molecule is O=C(Nc1cccc(S(=O)(=O)O)c1)c1cccc(C(=O)Nc2cccc(S(=O)(=O)O)c2)c1. The fourth-order valence-corrected chi connectivity index (χ4v) is 3.73. The maximum absolute atomic E-state index is 12.5. The van der Waals surface area contributed by atoms with E-state index in [0.717, 1.165) is 24.3 Å². The molecular formula is C20H16N2O8S2. The maximum Gasteiger partial charge on any atom is 0.294 e. The summed E-state index contributed by atoms with van der Waals surface area (Å²) in [6.45, 7) is 0. The van der Waals surface area contributed by atoms with Gasteiger partial charge in [-0.3, -0.25) is 18.7 Å². The van der Waals surface area contributed by atoms with Gasteiger partial charge in [-0.25, -0.2) is 0 Å². The molecule has 10 nitrogen and oxygen atoms in total. The second-order valence-electron chi connectivity index (χ2n) is 6.49. The van der Waals surface area contributed by atoms with Gasteiger partial charge in [0.1, 0.15) is 0 Å². The Hall–Kier alpha value is -3.58. The van der Waals surface area contributed by atoms with Gasteiger partial charge in [0, 0.05) is 22.5 Å². The van der Waals surface area contributed by atoms with Gasteiger partial charge in [0.2, 0.25) is 0 Å². The molecule has 0 spiro atoms. The molecule has 0 unspecified atom stereocenters. The number of carbonyl (C=O) groups is 2. The van der Waals surface area contributed by atoms with Crippen molar-refractivity contribution in [1.29, 1.82) is 0 Å². The lowest BCUT2D eigenvalue weighted by molar-refractivity contribution is 0.102. The molecule has 0 heterocycles. The van der Waals surface area contributed by atoms with Gasteiger partial charge in [-0.05, 0) is 54.6 Å². The van der Waals surface area contributed by atoms with Gasteiger partial charge in [-0.2, -0.15) is 16.8 Å². The first kappa shape index (κ1) is 23.1. The van der Waals surface area contributed by atoms with Crippen molar-refractivity contribution >= 4 is 43.4 Å². The highest BCUT2D eigenvalue weighted by Crippen LogP contribution is 2.18. The van der Waals surface area contributed by atoms with Crippen LogP contribution in [0.15, 0.2) is 82.6 Å². The highest BCUT2D eigenvalue weighted by atomic mass is 32.2. The predicted molar refractivity (Wildman–Crippen MR) is 115 cm³/mol. The van der Waals surface area contributed by atoms with E-state index in [1.54, 1.807) is 0 Å². The summed E-state index contributed by atoms with van der Waals surface area (Å²) in [6.07, 6.45) is 0. The molecule has 0 aromatic heterocycles. The van der Waals surface area contributed by atoms with Crippen LogP contribution in [0.25, 0.3) is 0 Å². The molecule has 0 aliphatic heterocycles. The highest BCUT2D eigenvalue weighted by molar-refractivity contribution is 7.86. The zero-order valence-electron chi connectivity index (χ0n) is 16.1. The highest BCUT2D eigenvalue weighted by Gasteiger charge is 2.15. The number of hydrogen-bond donors (Lipinski definition) is 4. The fourth-order valence-electron chi connectivity index (χ4n) is 2.68. The van der Waals surface area contributed by atoms with E-state index in [0.29, 0.717) is 0 Å². The molecule has 3 rings (SSSR count). The van der Waals surface area contributed by atoms with Crippen LogP contribution in [0.5, 0.6) is 0 Å². The van der Waals surface area contributed by atoms with Crippen molar-refractivity contribution in [2.75, 3.05) is 10.6 Å². The Balaban J connectivity index is 1.78. The predicted octanol–water partition coefficient (Wildman–Crippen LogP) is 2.68. The normalized spacial score (nSPS) is 11.6. The Kier molecular flexibility index (Phi) is 6.41. The van der Waals surface area contributed by atoms with Crippen LogP contribution in [0.1, 0.15) is 20.7 Å². The monoisotopic (exact) mass is 476 g/mol. The standard InChI is InChI=1S/C20H16N2O8S2/c23-19(21-15-6-2-8-17(11-15)31(25,26)27)13-4-1-5-14(10-13)20(24)22-16-7-3-9-18(12-16)32(28,29)30/h1-12H,(H,21,23)(H,22,24)(H,25,26,27)(H,28,29,30). The van der Waals surface area contributed by atoms with Crippen molar-refractivity contribution < 1.29 is 35.5 Å². The van der Waals surface area contributed by atoms with Crippen LogP contribution in [0.3, 0.4) is 0 Å². The van der Waals surface area contributed by atoms with Gasteiger partial charge in [-0.15, -0.1) is 0 Å². The molecule has 166 valence electrons. The Labute approximate surface area is 183 Å². The molecule has 0 fully saturated rings. The van der Waals surface area contributed by atoms with E-state index >= 15 is 0 Å². The summed E-state index contributed by atoms with van der Waals surface area (Å²) in [5.74, 6) is -1.28. The Bertz CT molecular complexity index is 1310. The minimum atomic E-state index is -4.44. The van der Waals surface area contributed by atoms with E-state index in [2.05, 4.69) is 10.6 Å². The summed E-state index contributed by atoms with van der Waals surface area (Å²) < 4.78 is 63.2. The van der Waals surface area contributed by atoms with E-state index in [4.69, 9.17) is 9.11 Å². The summed E-state index contributed by atoms with van der Waals surface area (Å²) in [5, 5.41) is 4.94. The molecule has 0 radical (unpaired) electrons. The lowest BCUT2D eigenvalue weighted by atomic mass is 10.1. The molecule has 0 atom stereocenters. The van der Waals surface area contributed by atoms with Crippen molar-refractivity contribution in [3.05, 3.63) is 83.9 Å². The van der Waals surface area contributed by atoms with E-state index in [1.807, 2.05) is 0 Å². The molecular weight excluding hydrogens is 460 g/mol. The Morgan fingerprint density at radius 1 is 0.594 bits per heavy atom. The van der Waals surface area contributed by atoms with Crippen molar-refractivity contribution in [3.63, 3.8) is 0 Å². The molecule has 0 saturated carbocycles. The van der Waals surface area contributed by atoms with Gasteiger partial charge >= 0.3 is 0 Å². The summed E-state index contributed by atoms with van der Waals surface area (Å²) in [7, 11) is -8.89. The number of rotatable bonds is 6. The summed E-state index contributed by atoms with van der Waals surface area (Å²) in [4.78, 5) is 24.2. The first-order valence-corrected chi connectivity index (χ1v) is 11.7. The zero-order valence-corrected chi connectivity index (χ0v) is 17.7. The van der Waals surface area contributed by atoms with Crippen molar-refractivity contribution in [3.8, 4) is 0 Å². The number of amides is 2. The molecule has 3 aromatic carbocycles. The molecule has 0 aliphatic rings. The largest absolute Gasteiger partial charge is 0.322 e. The number of carbonyl (C=O) groups excluding carboxylic acids is 2. The smallest absolute Gasteiger partial charge is 0.294 e. The van der Waals surface area contributed by atoms with Crippen molar-refractivity contribution in [2.24, 2.45) is 0 Å². The molecule has 0 aliphatic carbocycles. The molecule has 12 heteroatoms. The average molecular weight is 476 g/mol. The third-order valence-corrected chi connectivity index (χ3v) is 5.87. The summed E-state index contributed by atoms with van der Waals surface area (Å²) in [6, 6.07) is 15.6. The van der Waals surface area contributed by atoms with Gasteiger partial charge in [0.25, 0.3) is 32.1 Å². The molecule has 4 N–H and O–H groups in total. The van der Waals surface area contributed by atoms with Crippen LogP contribution in [0.2, 0.25) is 0 Å². The quantitative estimate of drug-likeness (QED) is 0.394. The number of benzene rings is 3. The molecule has 2 amide bonds. The van der Waals surface area contributed by atoms with Crippen LogP contribution in [-0.4, -0.2) is 37.8 Å². The number of hydrogen-bond acceptors (Lipinski definition) is 6. The average Bonchev–Trinajstić information content (AvgIpc) is 2.73. The van der Waals surface area contributed by atoms with E-state index in [9.17, 15) is 26.4 Å². The lowest BCUT2D eigenvalue weighted by Crippen LogP contribution is -2.16. The Morgan fingerprint density at radius 3 is 1.34 bits per heavy atom. The minimum Gasteiger partial charge on any atom is -0.322 e. The van der Waals surface area contributed by atoms with Gasteiger partial charge in [0.15, 0.2) is 0 Å². The molecule has 32 heavy (non-hydrogen) atoms. The van der Waals surface area contributed by atoms with Gasteiger partial charge < -0.3 is 10.6 Å². The van der Waals surface area contributed by atoms with Crippen LogP contribution >= 0.6 is 0 Å². The van der Waals surface area contributed by atoms with Gasteiger partial charge in [0.05, 0.1) is 9.79 Å². The second kappa shape index (κ2) is 8.88. The van der Waals surface area contributed by atoms with Crippen molar-refractivity contribution in [1.82, 2.24) is 0 Å². The first-order valence-electron chi connectivity index (χ1n) is 8.81. The van der Waals surface area contributed by atoms with E-state index < -0.39 is 41.8 Å². The van der Waals surface area contributed by atoms with Crippen LogP contribution < -0.4 is 10.6 Å². The van der Waals surface area contributed by atoms with Crippen LogP contribution in [-0.2, 0) is 20.2 Å². The molecule has 0 saturated heterocycles. The molecule has 0 bridgehead atoms. The van der Waals surface area contributed by atoms with E-state index in [-0.39, 0.29) is 22.5 Å². The molecule has 3 aromatic rings. The number of anilines is 2. The van der Waals surface area contributed by atoms with Gasteiger partial charge in [-0.1, -0.05) is 18.2 Å².